The number of amides is 2. The zero-order chi connectivity index (χ0) is 95.4. The van der Waals surface area contributed by atoms with Crippen LogP contribution in [0.1, 0.15) is 90.8 Å². The summed E-state index contributed by atoms with van der Waals surface area (Å²) in [6.45, 7) is 15.2. The number of phenols is 2. The number of aromatic hydroxyl groups is 2. The van der Waals surface area contributed by atoms with Gasteiger partial charge in [-0.25, -0.2) is 0 Å². The summed E-state index contributed by atoms with van der Waals surface area (Å²) in [6.07, 6.45) is 4.25. The van der Waals surface area contributed by atoms with Gasteiger partial charge in [-0.1, -0.05) is 440 Å². The molecule has 698 valence electrons. The second-order valence-electron chi connectivity index (χ2n) is 32.5. The summed E-state index contributed by atoms with van der Waals surface area (Å²) in [5, 5.41) is 52.8. The van der Waals surface area contributed by atoms with Gasteiger partial charge in [-0.2, -0.15) is 0 Å². The van der Waals surface area contributed by atoms with Gasteiger partial charge in [-0.15, -0.1) is 0 Å². The summed E-state index contributed by atoms with van der Waals surface area (Å²) in [5.41, 5.74) is 9.13. The van der Waals surface area contributed by atoms with E-state index in [1.807, 2.05) is 98.2 Å². The van der Waals surface area contributed by atoms with Crippen LogP contribution in [0.5, 0.6) is 11.5 Å². The number of carbonyl (C=O) groups is 2. The standard InChI is InChI=1S/C24H30N2O2.C18H25BrN2O.4C18H15P.C6H7BO3.Pd/c1-4-26(5-2)24(28)20-11-9-18(10-12-20)23(19-13-15-25(3)16-14-19)21-7-6-8-22(27)17-21;1-4-21(5-2)18(22)16-8-6-14(7-9-16)17(19)15-10-12-20(3)13-11-15;4*1-4-10-16(11-5-1)19(17-12-6-2-7-13-17)18-14-8-3-9-15-18;8-6-3-1-2-5(4-6)7(9)10;/h6-12,17,27H,4-5,13-16H2,1-3H3;6-9H,4-5,10-13H2,1-3H3;4*1-15H;1-4,8-10H;. The zero-order valence-corrected chi connectivity index (χ0v) is 85.5. The molecule has 0 unspecified atom stereocenters. The Balaban J connectivity index is 0.000000155. The van der Waals surface area contributed by atoms with Crippen LogP contribution < -0.4 is 69.1 Å². The molecule has 4 N–H and O–H groups in total. The van der Waals surface area contributed by atoms with Gasteiger partial charge in [-0.3, -0.25) is 9.59 Å². The van der Waals surface area contributed by atoms with Crippen LogP contribution in [0.25, 0.3) is 10.1 Å². The van der Waals surface area contributed by atoms with E-state index < -0.39 is 38.8 Å². The van der Waals surface area contributed by atoms with Gasteiger partial charge in [0.2, 0.25) is 0 Å². The van der Waals surface area contributed by atoms with Crippen molar-refractivity contribution in [2.75, 3.05) is 66.5 Å². The van der Waals surface area contributed by atoms with E-state index in [9.17, 15) is 14.7 Å². The number of nitrogens with zero attached hydrogens (tertiary/aromatic N) is 4. The van der Waals surface area contributed by atoms with Gasteiger partial charge >= 0.3 is 7.12 Å². The Morgan fingerprint density at radius 3 is 0.701 bits per heavy atom. The van der Waals surface area contributed by atoms with Gasteiger partial charge in [0.1, 0.15) is 11.5 Å². The van der Waals surface area contributed by atoms with E-state index in [1.165, 1.54) is 103 Å². The molecule has 18 rings (SSSR count). The van der Waals surface area contributed by atoms with Crippen molar-refractivity contribution >= 4 is 146 Å². The Hall–Kier alpha value is -11.7. The predicted molar refractivity (Wildman–Crippen MR) is 589 cm³/mol. The number of benzene rings is 16. The van der Waals surface area contributed by atoms with E-state index in [4.69, 9.17) is 15.2 Å². The van der Waals surface area contributed by atoms with Crippen LogP contribution in [0.3, 0.4) is 0 Å². The molecule has 0 bridgehead atoms. The van der Waals surface area contributed by atoms with Crippen molar-refractivity contribution < 1.29 is 50.3 Å². The SMILES string of the molecule is CCN(CC)C(=O)c1ccc(C(=C2CCN(C)CC2)c2cccc(O)c2)cc1.CCN(CC)C(=O)c1ccc(C(Br)=C2CCN(C)CC2)cc1.OB(O)c1cccc(O)c1.[Pd].c1ccc(P(c2ccccc2)c2ccccc2)cc1.c1ccc(P(c2ccccc2)c2ccccc2)cc1.c1ccc(P(c2ccccc2)c2ccccc2)cc1.c1ccc(P(c2ccccc2)c2ccccc2)cc1. The molecule has 0 radical (unpaired) electrons. The van der Waals surface area contributed by atoms with Crippen molar-refractivity contribution in [3.63, 3.8) is 0 Å². The van der Waals surface area contributed by atoms with Gasteiger partial charge < -0.3 is 39.9 Å². The number of rotatable bonds is 22. The van der Waals surface area contributed by atoms with Crippen molar-refractivity contribution in [1.82, 2.24) is 19.6 Å². The molecule has 2 heterocycles. The number of halogens is 1. The van der Waals surface area contributed by atoms with Crippen LogP contribution in [0.2, 0.25) is 0 Å². The molecule has 2 fully saturated rings. The molecule has 0 spiro atoms. The number of likely N-dealkylation sites (tertiary alicyclic amines) is 2. The number of hydrogen-bond acceptors (Lipinski definition) is 8. The Morgan fingerprint density at radius 1 is 0.277 bits per heavy atom. The normalized spacial score (nSPS) is 12.1. The molecular weight excluding hydrogens is 1910 g/mol. The minimum absolute atomic E-state index is 0. The Bertz CT molecular complexity index is 5380. The number of carbonyl (C=O) groups excluding carboxylic acids is 2. The van der Waals surface area contributed by atoms with Crippen LogP contribution >= 0.6 is 47.6 Å². The number of hydrogen-bond donors (Lipinski definition) is 4. The van der Waals surface area contributed by atoms with E-state index in [0.29, 0.717) is 18.6 Å². The molecule has 0 atom stereocenters. The van der Waals surface area contributed by atoms with Gasteiger partial charge in [0.25, 0.3) is 11.8 Å². The molecule has 16 aromatic carbocycles. The molecule has 0 saturated carbocycles. The average molecular weight is 2040 g/mol. The van der Waals surface area contributed by atoms with Crippen molar-refractivity contribution in [3.05, 3.63) is 500 Å². The van der Waals surface area contributed by atoms with Crippen LogP contribution in [0.4, 0.5) is 0 Å². The molecular formula is C120H122BBrN4O6P4Pd. The fraction of sp³-hybridized carbons (Fsp3) is 0.150. The largest absolute Gasteiger partial charge is 0.508 e. The summed E-state index contributed by atoms with van der Waals surface area (Å²) in [5.74, 6) is 0.490. The minimum atomic E-state index is -1.51. The third kappa shape index (κ3) is 32.2. The molecule has 2 aliphatic heterocycles. The summed E-state index contributed by atoms with van der Waals surface area (Å²) >= 11 is 3.75. The Labute approximate surface area is 840 Å². The second kappa shape index (κ2) is 57.5. The summed E-state index contributed by atoms with van der Waals surface area (Å²) in [7, 11) is 1.02. The molecule has 0 aromatic heterocycles. The molecule has 2 amide bonds. The minimum Gasteiger partial charge on any atom is -0.508 e. The average Bonchev–Trinajstić information content (AvgIpc) is 0.826. The van der Waals surface area contributed by atoms with Crippen molar-refractivity contribution in [2.45, 2.75) is 53.4 Å². The van der Waals surface area contributed by atoms with E-state index >= 15 is 0 Å². The van der Waals surface area contributed by atoms with Crippen LogP contribution in [-0.4, -0.2) is 125 Å². The quantitative estimate of drug-likeness (QED) is 0.0390. The smallest absolute Gasteiger partial charge is 0.488 e. The van der Waals surface area contributed by atoms with Crippen LogP contribution in [-0.2, 0) is 20.4 Å². The fourth-order valence-corrected chi connectivity index (χ4v) is 25.9. The van der Waals surface area contributed by atoms with Crippen LogP contribution in [0, 0.1) is 0 Å². The number of phenolic OH excluding ortho intramolecular Hbond substituents is 2. The first-order chi connectivity index (χ1) is 66.6. The molecule has 17 heteroatoms. The van der Waals surface area contributed by atoms with Crippen molar-refractivity contribution in [2.24, 2.45) is 0 Å². The van der Waals surface area contributed by atoms with Crippen molar-refractivity contribution in [3.8, 4) is 11.5 Å². The first-order valence-electron chi connectivity index (χ1n) is 46.6. The third-order valence-electron chi connectivity index (χ3n) is 23.2. The molecule has 2 saturated heterocycles. The topological polar surface area (TPSA) is 128 Å². The molecule has 2 aliphatic rings. The molecule has 137 heavy (non-hydrogen) atoms. The van der Waals surface area contributed by atoms with E-state index in [1.54, 1.807) is 12.1 Å². The maximum absolute atomic E-state index is 12.6. The van der Waals surface area contributed by atoms with Gasteiger partial charge in [0, 0.05) is 88.4 Å². The number of piperidine rings is 2. The fourth-order valence-electron chi connectivity index (χ4n) is 16.0. The second-order valence-corrected chi connectivity index (χ2v) is 42.2. The predicted octanol–water partition coefficient (Wildman–Crippen LogP) is 21.3. The maximum atomic E-state index is 12.6. The summed E-state index contributed by atoms with van der Waals surface area (Å²) < 4.78 is 1.20. The Kier molecular flexibility index (Phi) is 44.4. The zero-order valence-electron chi connectivity index (χ0n) is 78.8. The molecule has 10 nitrogen and oxygen atoms in total. The first-order valence-corrected chi connectivity index (χ1v) is 52.8. The van der Waals surface area contributed by atoms with E-state index in [2.05, 4.69) is 410 Å². The monoisotopic (exact) mass is 2030 g/mol. The van der Waals surface area contributed by atoms with Crippen molar-refractivity contribution in [1.29, 1.82) is 0 Å². The van der Waals surface area contributed by atoms with E-state index in [-0.39, 0.29) is 43.7 Å². The van der Waals surface area contributed by atoms with Gasteiger partial charge in [0.05, 0.1) is 0 Å². The first kappa shape index (κ1) is 106. The Morgan fingerprint density at radius 2 is 0.489 bits per heavy atom. The van der Waals surface area contributed by atoms with Gasteiger partial charge in [0.15, 0.2) is 0 Å². The summed E-state index contributed by atoms with van der Waals surface area (Å²) in [6, 6.07) is 159. The van der Waals surface area contributed by atoms with Gasteiger partial charge in [-0.05, 0) is 239 Å². The third-order valence-corrected chi connectivity index (χ3v) is 34.0. The summed E-state index contributed by atoms with van der Waals surface area (Å²) in [4.78, 5) is 33.3. The molecule has 16 aromatic rings. The molecule has 0 aliphatic carbocycles. The van der Waals surface area contributed by atoms with E-state index in [0.717, 1.165) is 92.8 Å². The van der Waals surface area contributed by atoms with Crippen LogP contribution in [0.15, 0.2) is 472 Å². The maximum Gasteiger partial charge on any atom is 0.488 e.